The third kappa shape index (κ3) is 8.42. The molecule has 7 aromatic heterocycles. The molecule has 0 fully saturated rings. The molecule has 0 N–H and O–H groups in total. The monoisotopic (exact) mass is 1320 g/mol. The van der Waals surface area contributed by atoms with Crippen molar-refractivity contribution in [3.63, 3.8) is 0 Å². The van der Waals surface area contributed by atoms with Gasteiger partial charge >= 0.3 is 0 Å². The molecule has 0 aliphatic rings. The van der Waals surface area contributed by atoms with Crippen molar-refractivity contribution >= 4 is 131 Å². The first-order chi connectivity index (χ1) is 51.6. The second kappa shape index (κ2) is 22.3. The number of fused-ring (bicyclic) bond motifs is 18. The molecule has 15 aromatic carbocycles. The smallest absolute Gasteiger partial charge is 0.162 e. The van der Waals surface area contributed by atoms with E-state index in [2.05, 4.69) is 367 Å². The molecule has 482 valence electrons. The Bertz CT molecular complexity index is 6820. The van der Waals surface area contributed by atoms with Crippen LogP contribution in [-0.4, -0.2) is 37.4 Å². The van der Waals surface area contributed by atoms with Crippen molar-refractivity contribution in [1.29, 1.82) is 5.26 Å². The average Bonchev–Trinajstić information content (AvgIpc) is 1.58. The van der Waals surface area contributed by atoms with E-state index in [0.717, 1.165) is 144 Å². The van der Waals surface area contributed by atoms with Crippen LogP contribution in [0.3, 0.4) is 0 Å². The number of nitriles is 1. The fraction of sp³-hybridized carbons (Fsp3) is 0. The zero-order valence-electron chi connectivity index (χ0n) is 55.9. The predicted octanol–water partition coefficient (Wildman–Crippen LogP) is 23.9. The number of benzene rings is 15. The lowest BCUT2D eigenvalue weighted by atomic mass is 10.0. The largest absolute Gasteiger partial charge is 0.309 e. The number of para-hydroxylation sites is 8. The highest BCUT2D eigenvalue weighted by molar-refractivity contribution is 6.17. The first-order valence-electron chi connectivity index (χ1n) is 35.3. The Morgan fingerprint density at radius 1 is 0.212 bits per heavy atom. The summed E-state index contributed by atoms with van der Waals surface area (Å²) < 4.78 is 14.2. The van der Waals surface area contributed by atoms with Gasteiger partial charge in [0.2, 0.25) is 0 Å². The molecule has 9 heteroatoms. The first kappa shape index (κ1) is 57.6. The molecule has 0 atom stereocenters. The summed E-state index contributed by atoms with van der Waals surface area (Å²) in [5.41, 5.74) is 23.0. The van der Waals surface area contributed by atoms with E-state index in [0.29, 0.717) is 17.1 Å². The topological polar surface area (TPSA) is 79.2 Å². The van der Waals surface area contributed by atoms with E-state index in [9.17, 15) is 5.26 Å². The molecule has 0 aliphatic heterocycles. The standard InChI is InChI=1S/C95H57N9/c96-58-61-51-94(104-91-49-45-64(101-85-39-19-11-31-70(85)71-32-12-20-40-86(71)101)54-76(91)77-55-65(46-50-92(77)104)102-87-41-21-13-33-72(87)73-34-14-22-42-88(73)102)78(95-97-79(59-23-3-1-4-24-59)57-80(98-95)60-25-5-2-6-26-60)56-93(61)103-89-47-43-62(99-81-35-15-7-27-66(81)67-28-8-16-36-82(67)99)52-74(89)75-53-63(44-48-90(75)103)100-83-37-17-9-29-68(83)69-30-10-18-38-84(69)100/h1-57H. The van der Waals surface area contributed by atoms with Gasteiger partial charge in [0.1, 0.15) is 6.07 Å². The van der Waals surface area contributed by atoms with Gasteiger partial charge in [0.05, 0.1) is 94.5 Å². The van der Waals surface area contributed by atoms with Crippen molar-refractivity contribution in [2.45, 2.75) is 0 Å². The van der Waals surface area contributed by atoms with Gasteiger partial charge in [-0.2, -0.15) is 5.26 Å². The molecule has 0 aliphatic carbocycles. The van der Waals surface area contributed by atoms with Crippen LogP contribution in [0.25, 0.3) is 199 Å². The molecule has 9 nitrogen and oxygen atoms in total. The lowest BCUT2D eigenvalue weighted by molar-refractivity contribution is 1.11. The number of hydrogen-bond acceptors (Lipinski definition) is 3. The number of hydrogen-bond donors (Lipinski definition) is 0. The van der Waals surface area contributed by atoms with Crippen LogP contribution in [0.2, 0.25) is 0 Å². The number of rotatable bonds is 9. The maximum Gasteiger partial charge on any atom is 0.162 e. The highest BCUT2D eigenvalue weighted by atomic mass is 15.1. The van der Waals surface area contributed by atoms with E-state index in [1.807, 2.05) is 12.1 Å². The number of nitrogens with zero attached hydrogens (tertiary/aromatic N) is 9. The Balaban J connectivity index is 0.855. The lowest BCUT2D eigenvalue weighted by Crippen LogP contribution is -2.06. The Morgan fingerprint density at radius 2 is 0.462 bits per heavy atom. The van der Waals surface area contributed by atoms with Crippen LogP contribution in [-0.2, 0) is 0 Å². The highest BCUT2D eigenvalue weighted by Crippen LogP contribution is 2.46. The third-order valence-electron chi connectivity index (χ3n) is 21.6. The van der Waals surface area contributed by atoms with Gasteiger partial charge in [-0.25, -0.2) is 9.97 Å². The lowest BCUT2D eigenvalue weighted by Gasteiger charge is -2.19. The van der Waals surface area contributed by atoms with Crippen LogP contribution >= 0.6 is 0 Å². The van der Waals surface area contributed by atoms with Crippen molar-refractivity contribution in [2.24, 2.45) is 0 Å². The Hall–Kier alpha value is -14.3. The zero-order chi connectivity index (χ0) is 68.3. The van der Waals surface area contributed by atoms with Gasteiger partial charge in [-0.1, -0.05) is 206 Å². The van der Waals surface area contributed by atoms with Gasteiger partial charge in [0, 0.05) is 104 Å². The summed E-state index contributed by atoms with van der Waals surface area (Å²) in [6.07, 6.45) is 0. The summed E-state index contributed by atoms with van der Waals surface area (Å²) in [5, 5.41) is 26.0. The molecule has 22 rings (SSSR count). The first-order valence-corrected chi connectivity index (χ1v) is 35.3. The molecular formula is C95H57N9. The fourth-order valence-corrected chi connectivity index (χ4v) is 17.2. The van der Waals surface area contributed by atoms with Crippen LogP contribution in [0, 0.1) is 11.3 Å². The molecule has 0 unspecified atom stereocenters. The van der Waals surface area contributed by atoms with E-state index in [1.165, 1.54) is 43.1 Å². The van der Waals surface area contributed by atoms with Gasteiger partial charge in [0.25, 0.3) is 0 Å². The predicted molar refractivity (Wildman–Crippen MR) is 429 cm³/mol. The molecule has 104 heavy (non-hydrogen) atoms. The zero-order valence-corrected chi connectivity index (χ0v) is 55.9. The minimum atomic E-state index is 0.474. The van der Waals surface area contributed by atoms with Crippen LogP contribution in [0.5, 0.6) is 0 Å². The Labute approximate surface area is 595 Å². The number of aromatic nitrogens is 8. The normalized spacial score (nSPS) is 12.0. The van der Waals surface area contributed by atoms with Crippen molar-refractivity contribution in [2.75, 3.05) is 0 Å². The van der Waals surface area contributed by atoms with Gasteiger partial charge < -0.3 is 27.4 Å². The minimum absolute atomic E-state index is 0.474. The van der Waals surface area contributed by atoms with Crippen molar-refractivity contribution < 1.29 is 0 Å². The molecule has 0 radical (unpaired) electrons. The van der Waals surface area contributed by atoms with Crippen molar-refractivity contribution in [3.8, 4) is 74.1 Å². The van der Waals surface area contributed by atoms with E-state index >= 15 is 0 Å². The maximum atomic E-state index is 12.3. The summed E-state index contributed by atoms with van der Waals surface area (Å²) in [4.78, 5) is 11.4. The molecule has 0 saturated heterocycles. The van der Waals surface area contributed by atoms with Crippen molar-refractivity contribution in [3.05, 3.63) is 351 Å². The SMILES string of the molecule is N#Cc1cc(-n2c3ccc(-n4c5ccccc5c5ccccc54)cc3c3cc(-n4c5ccccc5c5ccccc54)ccc32)c(-c2nc(-c3ccccc3)cc(-c3ccccc3)n2)cc1-n1c2ccc(-n3c4ccccc4c4ccccc43)cc2c2cc(-n3c4ccccc4c4ccccc43)ccc21. The summed E-state index contributed by atoms with van der Waals surface area (Å²) in [6, 6.07) is 127. The van der Waals surface area contributed by atoms with Crippen LogP contribution in [0.1, 0.15) is 5.56 Å². The molecule has 7 heterocycles. The fourth-order valence-electron chi connectivity index (χ4n) is 17.2. The van der Waals surface area contributed by atoms with Gasteiger partial charge in [-0.3, -0.25) is 0 Å². The van der Waals surface area contributed by atoms with Crippen LogP contribution in [0.4, 0.5) is 0 Å². The molecule has 0 amide bonds. The maximum absolute atomic E-state index is 12.3. The van der Waals surface area contributed by atoms with Crippen LogP contribution < -0.4 is 0 Å². The summed E-state index contributed by atoms with van der Waals surface area (Å²) in [5.74, 6) is 0.507. The highest BCUT2D eigenvalue weighted by Gasteiger charge is 2.27. The second-order valence-electron chi connectivity index (χ2n) is 27.1. The van der Waals surface area contributed by atoms with E-state index < -0.39 is 0 Å². The Kier molecular flexibility index (Phi) is 12.4. The van der Waals surface area contributed by atoms with Gasteiger partial charge in [-0.15, -0.1) is 0 Å². The quantitative estimate of drug-likeness (QED) is 0.144. The summed E-state index contributed by atoms with van der Waals surface area (Å²) in [7, 11) is 0. The third-order valence-corrected chi connectivity index (χ3v) is 21.6. The van der Waals surface area contributed by atoms with E-state index in [-0.39, 0.29) is 0 Å². The summed E-state index contributed by atoms with van der Waals surface area (Å²) in [6.45, 7) is 0. The molecular weight excluding hydrogens is 1270 g/mol. The van der Waals surface area contributed by atoms with E-state index in [1.54, 1.807) is 0 Å². The average molecular weight is 1320 g/mol. The van der Waals surface area contributed by atoms with Crippen LogP contribution in [0.15, 0.2) is 346 Å². The van der Waals surface area contributed by atoms with Crippen molar-refractivity contribution in [1.82, 2.24) is 37.4 Å². The summed E-state index contributed by atoms with van der Waals surface area (Å²) >= 11 is 0. The van der Waals surface area contributed by atoms with Gasteiger partial charge in [0.15, 0.2) is 5.82 Å². The van der Waals surface area contributed by atoms with E-state index in [4.69, 9.17) is 9.97 Å². The van der Waals surface area contributed by atoms with Gasteiger partial charge in [-0.05, 0) is 140 Å². The molecule has 22 aromatic rings. The minimum Gasteiger partial charge on any atom is -0.309 e. The molecule has 0 bridgehead atoms. The second-order valence-corrected chi connectivity index (χ2v) is 27.1. The Morgan fingerprint density at radius 3 is 0.740 bits per heavy atom. The molecule has 0 saturated carbocycles. The molecule has 0 spiro atoms.